The minimum absolute atomic E-state index is 0.208. The number of anilines is 1. The van der Waals surface area contributed by atoms with Crippen LogP contribution >= 0.6 is 23.2 Å². The van der Waals surface area contributed by atoms with E-state index < -0.39 is 17.7 Å². The summed E-state index contributed by atoms with van der Waals surface area (Å²) in [6.45, 7) is 9.94. The first-order valence-electron chi connectivity index (χ1n) is 11.2. The van der Waals surface area contributed by atoms with Crippen molar-refractivity contribution in [2.45, 2.75) is 40.7 Å². The van der Waals surface area contributed by atoms with E-state index in [4.69, 9.17) is 42.1 Å². The molecule has 1 unspecified atom stereocenters. The first-order chi connectivity index (χ1) is 16.7. The number of hydrogen-bond donors (Lipinski definition) is 1. The average Bonchev–Trinajstić information content (AvgIpc) is 2.79. The van der Waals surface area contributed by atoms with Crippen LogP contribution in [0.25, 0.3) is 0 Å². The molecule has 1 N–H and O–H groups in total. The van der Waals surface area contributed by atoms with Crippen LogP contribution in [0.4, 0.5) is 11.4 Å². The van der Waals surface area contributed by atoms with Gasteiger partial charge < -0.3 is 24.3 Å². The van der Waals surface area contributed by atoms with Gasteiger partial charge in [0.15, 0.2) is 34.5 Å². The van der Waals surface area contributed by atoms with Crippen LogP contribution in [0.1, 0.15) is 34.6 Å². The number of amides is 1. The van der Waals surface area contributed by atoms with Crippen molar-refractivity contribution in [3.63, 3.8) is 0 Å². The highest BCUT2D eigenvalue weighted by Gasteiger charge is 2.25. The Morgan fingerprint density at radius 3 is 1.80 bits per heavy atom. The molecule has 0 radical (unpaired) electrons. The Balaban J connectivity index is 2.39. The molecule has 9 nitrogen and oxygen atoms in total. The fourth-order valence-corrected chi connectivity index (χ4v) is 3.38. The molecule has 0 heterocycles. The zero-order valence-electron chi connectivity index (χ0n) is 20.3. The highest BCUT2D eigenvalue weighted by atomic mass is 35.5. The summed E-state index contributed by atoms with van der Waals surface area (Å²) >= 11 is 12.5. The molecular formula is C24H29Cl2N3O6. The van der Waals surface area contributed by atoms with E-state index in [2.05, 4.69) is 15.5 Å². The molecule has 0 bridgehead atoms. The second-order valence-corrected chi connectivity index (χ2v) is 7.82. The lowest BCUT2D eigenvalue weighted by Crippen LogP contribution is -2.32. The lowest BCUT2D eigenvalue weighted by Gasteiger charge is -2.16. The van der Waals surface area contributed by atoms with E-state index in [0.29, 0.717) is 54.4 Å². The molecular weight excluding hydrogens is 497 g/mol. The van der Waals surface area contributed by atoms with Crippen molar-refractivity contribution >= 4 is 46.3 Å². The van der Waals surface area contributed by atoms with E-state index in [1.165, 1.54) is 19.1 Å². The number of Topliss-reactive ketones (excluding diaryl/α,β-unsaturated/α-hetero) is 1. The normalized spacial score (nSPS) is 11.7. The second-order valence-electron chi connectivity index (χ2n) is 6.98. The number of halogens is 2. The SMILES string of the molecule is CCOc1cc(Cl)c(NC(=O)C(N=Nc2c(OCC)cc(Cl)cc2OCC)C(C)=O)cc1OCC. The first-order valence-corrected chi connectivity index (χ1v) is 11.9. The van der Waals surface area contributed by atoms with E-state index in [1.807, 2.05) is 13.8 Å². The Kier molecular flexibility index (Phi) is 11.1. The van der Waals surface area contributed by atoms with Crippen LogP contribution in [0.3, 0.4) is 0 Å². The Morgan fingerprint density at radius 2 is 1.31 bits per heavy atom. The third kappa shape index (κ3) is 7.73. The molecule has 0 fully saturated rings. The van der Waals surface area contributed by atoms with Crippen LogP contribution in [-0.4, -0.2) is 44.2 Å². The number of nitrogens with one attached hydrogen (secondary N) is 1. The smallest absolute Gasteiger partial charge is 0.258 e. The number of carbonyl (C=O) groups excluding carboxylic acids is 2. The minimum Gasteiger partial charge on any atom is -0.491 e. The Morgan fingerprint density at radius 1 is 0.829 bits per heavy atom. The number of hydrogen-bond acceptors (Lipinski definition) is 8. The van der Waals surface area contributed by atoms with Crippen LogP contribution in [-0.2, 0) is 9.59 Å². The van der Waals surface area contributed by atoms with Crippen molar-refractivity contribution in [2.24, 2.45) is 10.2 Å². The summed E-state index contributed by atoms with van der Waals surface area (Å²) in [6.07, 6.45) is 0. The van der Waals surface area contributed by atoms with E-state index in [1.54, 1.807) is 26.0 Å². The molecule has 190 valence electrons. The van der Waals surface area contributed by atoms with Crippen LogP contribution < -0.4 is 24.3 Å². The van der Waals surface area contributed by atoms with Crippen LogP contribution in [0.5, 0.6) is 23.0 Å². The fraction of sp³-hybridized carbons (Fsp3) is 0.417. The molecule has 0 aliphatic heterocycles. The van der Waals surface area contributed by atoms with Crippen LogP contribution in [0.2, 0.25) is 10.0 Å². The van der Waals surface area contributed by atoms with Crippen molar-refractivity contribution in [3.05, 3.63) is 34.3 Å². The van der Waals surface area contributed by atoms with Gasteiger partial charge in [-0.15, -0.1) is 5.11 Å². The first kappa shape index (κ1) is 28.2. The summed E-state index contributed by atoms with van der Waals surface area (Å²) in [4.78, 5) is 25.3. The number of rotatable bonds is 13. The van der Waals surface area contributed by atoms with Gasteiger partial charge in [0.2, 0.25) is 6.04 Å². The molecule has 2 rings (SSSR count). The van der Waals surface area contributed by atoms with Crippen molar-refractivity contribution in [3.8, 4) is 23.0 Å². The molecule has 0 aliphatic carbocycles. The van der Waals surface area contributed by atoms with Gasteiger partial charge >= 0.3 is 0 Å². The summed E-state index contributed by atoms with van der Waals surface area (Å²) < 4.78 is 22.3. The second kappa shape index (κ2) is 13.7. The van der Waals surface area contributed by atoms with Crippen LogP contribution in [0.15, 0.2) is 34.5 Å². The Hall–Kier alpha value is -3.04. The Labute approximate surface area is 214 Å². The third-order valence-corrected chi connectivity index (χ3v) is 4.93. The summed E-state index contributed by atoms with van der Waals surface area (Å²) in [5.74, 6) is 0.216. The molecule has 0 spiro atoms. The predicted octanol–water partition coefficient (Wildman–Crippen LogP) is 6.27. The minimum atomic E-state index is -1.45. The quantitative estimate of drug-likeness (QED) is 0.244. The maximum absolute atomic E-state index is 13.0. The topological polar surface area (TPSA) is 108 Å². The fourth-order valence-electron chi connectivity index (χ4n) is 2.98. The summed E-state index contributed by atoms with van der Waals surface area (Å²) in [5.41, 5.74) is 0.455. The van der Waals surface area contributed by atoms with Crippen LogP contribution in [0, 0.1) is 0 Å². The molecule has 2 aromatic rings. The van der Waals surface area contributed by atoms with E-state index in [9.17, 15) is 9.59 Å². The molecule has 35 heavy (non-hydrogen) atoms. The number of ketones is 1. The Bertz CT molecular complexity index is 1050. The van der Waals surface area contributed by atoms with Crippen molar-refractivity contribution < 1.29 is 28.5 Å². The lowest BCUT2D eigenvalue weighted by molar-refractivity contribution is -0.126. The molecule has 0 saturated carbocycles. The third-order valence-electron chi connectivity index (χ3n) is 4.40. The van der Waals surface area contributed by atoms with E-state index >= 15 is 0 Å². The zero-order chi connectivity index (χ0) is 26.0. The van der Waals surface area contributed by atoms with Crippen molar-refractivity contribution in [1.29, 1.82) is 0 Å². The van der Waals surface area contributed by atoms with Gasteiger partial charge in [0.25, 0.3) is 5.91 Å². The molecule has 1 amide bonds. The van der Waals surface area contributed by atoms with Gasteiger partial charge in [0.05, 0.1) is 37.1 Å². The molecule has 11 heteroatoms. The molecule has 1 atom stereocenters. The maximum Gasteiger partial charge on any atom is 0.258 e. The monoisotopic (exact) mass is 525 g/mol. The number of carbonyl (C=O) groups is 2. The largest absolute Gasteiger partial charge is 0.491 e. The highest BCUT2D eigenvalue weighted by Crippen LogP contribution is 2.41. The molecule has 0 aromatic heterocycles. The molecule has 0 saturated heterocycles. The number of ether oxygens (including phenoxy) is 4. The maximum atomic E-state index is 13.0. The zero-order valence-corrected chi connectivity index (χ0v) is 21.8. The van der Waals surface area contributed by atoms with E-state index in [-0.39, 0.29) is 16.4 Å². The van der Waals surface area contributed by atoms with Gasteiger partial charge in [-0.05, 0) is 34.6 Å². The van der Waals surface area contributed by atoms with Crippen molar-refractivity contribution in [1.82, 2.24) is 0 Å². The molecule has 0 aliphatic rings. The van der Waals surface area contributed by atoms with Crippen molar-refractivity contribution in [2.75, 3.05) is 31.7 Å². The lowest BCUT2D eigenvalue weighted by atomic mass is 10.2. The number of nitrogens with zero attached hydrogens (tertiary/aromatic N) is 2. The van der Waals surface area contributed by atoms with Gasteiger partial charge in [0.1, 0.15) is 0 Å². The predicted molar refractivity (Wildman–Crippen MR) is 135 cm³/mol. The summed E-state index contributed by atoms with van der Waals surface area (Å²) in [5, 5.41) is 11.3. The number of benzene rings is 2. The molecule has 2 aromatic carbocycles. The standard InChI is InChI=1S/C24H29Cl2N3O6/c1-6-32-18-12-16(26)17(13-19(18)33-7-2)27-24(31)22(14(5)30)28-29-23-20(34-8-3)10-15(25)11-21(23)35-9-4/h10-13,22H,6-9H2,1-5H3,(H,27,31). The van der Waals surface area contributed by atoms with Gasteiger partial charge in [0, 0.05) is 29.3 Å². The summed E-state index contributed by atoms with van der Waals surface area (Å²) in [7, 11) is 0. The van der Waals surface area contributed by atoms with Gasteiger partial charge in [-0.1, -0.05) is 23.2 Å². The van der Waals surface area contributed by atoms with Gasteiger partial charge in [-0.25, -0.2) is 0 Å². The van der Waals surface area contributed by atoms with Gasteiger partial charge in [-0.3, -0.25) is 9.59 Å². The van der Waals surface area contributed by atoms with Gasteiger partial charge in [-0.2, -0.15) is 5.11 Å². The summed E-state index contributed by atoms with van der Waals surface area (Å²) in [6, 6.07) is 4.72. The highest BCUT2D eigenvalue weighted by molar-refractivity contribution is 6.34. The average molecular weight is 526 g/mol. The number of azo groups is 1. The van der Waals surface area contributed by atoms with E-state index in [0.717, 1.165) is 0 Å².